The molecule has 1 aliphatic carbocycles. The molecule has 1 fully saturated rings. The highest BCUT2D eigenvalue weighted by molar-refractivity contribution is 7.10. The summed E-state index contributed by atoms with van der Waals surface area (Å²) in [4.78, 5) is 12.9. The third-order valence-corrected chi connectivity index (χ3v) is 5.80. The van der Waals surface area contributed by atoms with Crippen LogP contribution in [0.3, 0.4) is 0 Å². The van der Waals surface area contributed by atoms with Crippen LogP contribution in [0.25, 0.3) is 0 Å². The van der Waals surface area contributed by atoms with Crippen LogP contribution in [0.15, 0.2) is 17.5 Å². The maximum atomic E-state index is 11.6. The van der Waals surface area contributed by atoms with Crippen molar-refractivity contribution in [3.05, 3.63) is 22.4 Å². The number of hydrogen-bond donors (Lipinski definition) is 1. The maximum absolute atomic E-state index is 11.6. The van der Waals surface area contributed by atoms with E-state index in [1.165, 1.54) is 4.88 Å². The number of nitrogens with one attached hydrogen (secondary N) is 1. The second-order valence-electron chi connectivity index (χ2n) is 6.06. The maximum Gasteiger partial charge on any atom is 0.407 e. The number of ether oxygens (including phenoxy) is 1. The summed E-state index contributed by atoms with van der Waals surface area (Å²) in [5, 5.41) is 5.02. The van der Waals surface area contributed by atoms with E-state index in [9.17, 15) is 4.79 Å². The molecule has 0 aromatic carbocycles. The molecule has 1 aromatic rings. The SMILES string of the molecule is C[Si](C)(C)CCOC(=O)N[C@@H]1C[C@H]1c1cccs1. The van der Waals surface area contributed by atoms with E-state index in [2.05, 4.69) is 42.5 Å². The molecule has 0 unspecified atom stereocenters. The standard InChI is InChI=1S/C13H21NO2SSi/c1-18(2,3)8-6-16-13(15)14-11-9-10(11)12-5-4-7-17-12/h4-5,7,10-11H,6,8-9H2,1-3H3,(H,14,15)/t10-,11-/m1/s1. The van der Waals surface area contributed by atoms with E-state index in [1.54, 1.807) is 11.3 Å². The van der Waals surface area contributed by atoms with Crippen molar-refractivity contribution in [2.45, 2.75) is 44.1 Å². The van der Waals surface area contributed by atoms with Gasteiger partial charge in [-0.2, -0.15) is 0 Å². The van der Waals surface area contributed by atoms with E-state index >= 15 is 0 Å². The van der Waals surface area contributed by atoms with Crippen molar-refractivity contribution in [1.82, 2.24) is 5.32 Å². The fourth-order valence-corrected chi connectivity index (χ4v) is 3.44. The van der Waals surface area contributed by atoms with Crippen molar-refractivity contribution in [1.29, 1.82) is 0 Å². The third-order valence-electron chi connectivity index (χ3n) is 3.09. The third kappa shape index (κ3) is 4.14. The number of carbonyl (C=O) groups excluding carboxylic acids is 1. The summed E-state index contributed by atoms with van der Waals surface area (Å²) < 4.78 is 5.22. The van der Waals surface area contributed by atoms with Crippen molar-refractivity contribution in [2.24, 2.45) is 0 Å². The minimum Gasteiger partial charge on any atom is -0.450 e. The molecule has 1 saturated carbocycles. The van der Waals surface area contributed by atoms with E-state index < -0.39 is 8.07 Å². The van der Waals surface area contributed by atoms with Crippen LogP contribution in [0.5, 0.6) is 0 Å². The molecular weight excluding hydrogens is 262 g/mol. The van der Waals surface area contributed by atoms with E-state index in [4.69, 9.17) is 4.74 Å². The zero-order valence-electron chi connectivity index (χ0n) is 11.2. The van der Waals surface area contributed by atoms with Gasteiger partial charge in [-0.25, -0.2) is 4.79 Å². The number of amides is 1. The van der Waals surface area contributed by atoms with Crippen LogP contribution >= 0.6 is 11.3 Å². The lowest BCUT2D eigenvalue weighted by molar-refractivity contribution is 0.151. The van der Waals surface area contributed by atoms with Crippen LogP contribution in [0.1, 0.15) is 17.2 Å². The van der Waals surface area contributed by atoms with Gasteiger partial charge in [0, 0.05) is 24.9 Å². The first-order valence-corrected chi connectivity index (χ1v) is 11.0. The van der Waals surface area contributed by atoms with Gasteiger partial charge in [0.2, 0.25) is 0 Å². The average molecular weight is 283 g/mol. The second kappa shape index (κ2) is 5.44. The predicted molar refractivity (Wildman–Crippen MR) is 78.1 cm³/mol. The molecule has 2 atom stereocenters. The summed E-state index contributed by atoms with van der Waals surface area (Å²) in [7, 11) is -1.11. The van der Waals surface area contributed by atoms with E-state index in [1.807, 2.05) is 0 Å². The number of hydrogen-bond acceptors (Lipinski definition) is 3. The minimum absolute atomic E-state index is 0.252. The molecule has 2 rings (SSSR count). The molecule has 0 bridgehead atoms. The fourth-order valence-electron chi connectivity index (χ4n) is 1.81. The van der Waals surface area contributed by atoms with E-state index in [-0.39, 0.29) is 12.1 Å². The summed E-state index contributed by atoms with van der Waals surface area (Å²) in [5.74, 6) is 0.509. The molecule has 1 aromatic heterocycles. The second-order valence-corrected chi connectivity index (χ2v) is 12.7. The number of carbonyl (C=O) groups is 1. The quantitative estimate of drug-likeness (QED) is 0.837. The van der Waals surface area contributed by atoms with E-state index in [0.717, 1.165) is 12.5 Å². The molecule has 100 valence electrons. The first-order chi connectivity index (χ1) is 8.46. The molecule has 18 heavy (non-hydrogen) atoms. The van der Waals surface area contributed by atoms with Crippen LogP contribution in [0.2, 0.25) is 25.7 Å². The van der Waals surface area contributed by atoms with Crippen molar-refractivity contribution in [3.8, 4) is 0 Å². The summed E-state index contributed by atoms with van der Waals surface area (Å²) in [5.41, 5.74) is 0. The zero-order chi connectivity index (χ0) is 13.2. The number of alkyl carbamates (subject to hydrolysis) is 1. The lowest BCUT2D eigenvalue weighted by Gasteiger charge is -2.15. The molecule has 0 saturated heterocycles. The fraction of sp³-hybridized carbons (Fsp3) is 0.615. The van der Waals surface area contributed by atoms with Gasteiger partial charge in [0.25, 0.3) is 0 Å². The van der Waals surface area contributed by atoms with Gasteiger partial charge in [-0.1, -0.05) is 25.7 Å². The van der Waals surface area contributed by atoms with Gasteiger partial charge in [-0.05, 0) is 23.9 Å². The highest BCUT2D eigenvalue weighted by Crippen LogP contribution is 2.42. The van der Waals surface area contributed by atoms with Gasteiger partial charge in [0.1, 0.15) is 0 Å². The Morgan fingerprint density at radius 1 is 1.56 bits per heavy atom. The number of rotatable bonds is 5. The average Bonchev–Trinajstić information content (AvgIpc) is 2.80. The van der Waals surface area contributed by atoms with Gasteiger partial charge < -0.3 is 10.1 Å². The Hall–Kier alpha value is -0.813. The van der Waals surface area contributed by atoms with Crippen LogP contribution in [-0.4, -0.2) is 26.8 Å². The minimum atomic E-state index is -1.11. The molecule has 1 aliphatic rings. The lowest BCUT2D eigenvalue weighted by Crippen LogP contribution is -2.29. The largest absolute Gasteiger partial charge is 0.450 e. The van der Waals surface area contributed by atoms with Crippen LogP contribution in [0, 0.1) is 0 Å². The van der Waals surface area contributed by atoms with Crippen LogP contribution in [-0.2, 0) is 4.74 Å². The normalized spacial score (nSPS) is 22.6. The van der Waals surface area contributed by atoms with Gasteiger partial charge in [-0.15, -0.1) is 11.3 Å². The Morgan fingerprint density at radius 3 is 2.94 bits per heavy atom. The first kappa shape index (κ1) is 13.6. The molecule has 0 spiro atoms. The Labute approximate surface area is 114 Å². The molecule has 5 heteroatoms. The predicted octanol–water partition coefficient (Wildman–Crippen LogP) is 3.67. The zero-order valence-corrected chi connectivity index (χ0v) is 13.0. The van der Waals surface area contributed by atoms with Gasteiger partial charge in [-0.3, -0.25) is 0 Å². The molecule has 0 aliphatic heterocycles. The molecule has 1 amide bonds. The number of thiophene rings is 1. The van der Waals surface area contributed by atoms with Crippen molar-refractivity contribution in [2.75, 3.05) is 6.61 Å². The molecule has 1 heterocycles. The first-order valence-electron chi connectivity index (χ1n) is 6.42. The lowest BCUT2D eigenvalue weighted by atomic mass is 10.3. The highest BCUT2D eigenvalue weighted by atomic mass is 32.1. The monoisotopic (exact) mass is 283 g/mol. The van der Waals surface area contributed by atoms with Gasteiger partial charge in [0.15, 0.2) is 0 Å². The summed E-state index contributed by atoms with van der Waals surface area (Å²) in [6.07, 6.45) is 0.793. The van der Waals surface area contributed by atoms with E-state index in [0.29, 0.717) is 12.5 Å². The molecule has 0 radical (unpaired) electrons. The summed E-state index contributed by atoms with van der Waals surface area (Å²) >= 11 is 1.76. The van der Waals surface area contributed by atoms with Crippen molar-refractivity contribution >= 4 is 25.5 Å². The topological polar surface area (TPSA) is 38.3 Å². The summed E-state index contributed by atoms with van der Waals surface area (Å²) in [6.45, 7) is 7.39. The van der Waals surface area contributed by atoms with Gasteiger partial charge in [0.05, 0.1) is 6.61 Å². The Kier molecular flexibility index (Phi) is 4.12. The highest BCUT2D eigenvalue weighted by Gasteiger charge is 2.40. The van der Waals surface area contributed by atoms with Crippen LogP contribution < -0.4 is 5.32 Å². The van der Waals surface area contributed by atoms with Crippen molar-refractivity contribution in [3.63, 3.8) is 0 Å². The smallest absolute Gasteiger partial charge is 0.407 e. The Morgan fingerprint density at radius 2 is 2.33 bits per heavy atom. The molecule has 1 N–H and O–H groups in total. The molecule has 3 nitrogen and oxygen atoms in total. The Bertz CT molecular complexity index is 400. The molecular formula is C13H21NO2SSi. The Balaban J connectivity index is 1.65. The van der Waals surface area contributed by atoms with Crippen molar-refractivity contribution < 1.29 is 9.53 Å². The summed E-state index contributed by atoms with van der Waals surface area (Å²) in [6, 6.07) is 5.50. The van der Waals surface area contributed by atoms with Gasteiger partial charge >= 0.3 is 6.09 Å². The van der Waals surface area contributed by atoms with Crippen LogP contribution in [0.4, 0.5) is 4.79 Å².